The lowest BCUT2D eigenvalue weighted by Gasteiger charge is -2.13. The van der Waals surface area contributed by atoms with E-state index in [-0.39, 0.29) is 30.1 Å². The van der Waals surface area contributed by atoms with Crippen molar-refractivity contribution in [3.8, 4) is 5.69 Å². The van der Waals surface area contributed by atoms with Gasteiger partial charge in [-0.1, -0.05) is 48.5 Å². The Labute approximate surface area is 183 Å². The summed E-state index contributed by atoms with van der Waals surface area (Å²) in [5.74, 6) is -0.646. The molecule has 156 valence electrons. The minimum atomic E-state index is -0.346. The molecule has 0 aliphatic carbocycles. The Morgan fingerprint density at radius 2 is 1.74 bits per heavy atom. The number of amides is 3. The quantitative estimate of drug-likeness (QED) is 0.601. The fraction of sp³-hybridized carbons (Fsp3) is 0.130. The SMILES string of the molecule is Cc1c(C(=O)NCCN2C(=O)S/C(=C\c3ccccc3)C2=O)cnn1-c1ccccc1. The molecule has 3 amide bonds. The number of thioether (sulfide) groups is 1. The Hall–Kier alpha value is -3.65. The van der Waals surface area contributed by atoms with Gasteiger partial charge in [0.05, 0.1) is 28.0 Å². The summed E-state index contributed by atoms with van der Waals surface area (Å²) in [6.45, 7) is 2.08. The molecule has 31 heavy (non-hydrogen) atoms. The van der Waals surface area contributed by atoms with Crippen LogP contribution in [0.4, 0.5) is 4.79 Å². The van der Waals surface area contributed by atoms with Gasteiger partial charge in [0.25, 0.3) is 17.1 Å². The molecule has 0 bridgehead atoms. The Bertz CT molecular complexity index is 1160. The van der Waals surface area contributed by atoms with Gasteiger partial charge < -0.3 is 5.32 Å². The van der Waals surface area contributed by atoms with Crippen LogP contribution in [0.2, 0.25) is 0 Å². The number of hydrogen-bond donors (Lipinski definition) is 1. The lowest BCUT2D eigenvalue weighted by Crippen LogP contribution is -2.37. The van der Waals surface area contributed by atoms with Crippen molar-refractivity contribution in [3.63, 3.8) is 0 Å². The molecular formula is C23H20N4O3S. The van der Waals surface area contributed by atoms with Crippen molar-refractivity contribution < 1.29 is 14.4 Å². The molecule has 2 aromatic carbocycles. The number of para-hydroxylation sites is 1. The van der Waals surface area contributed by atoms with Gasteiger partial charge in [-0.3, -0.25) is 19.3 Å². The maximum absolute atomic E-state index is 12.6. The molecule has 1 N–H and O–H groups in total. The molecule has 0 unspecified atom stereocenters. The van der Waals surface area contributed by atoms with Crippen LogP contribution in [0, 0.1) is 6.92 Å². The first kappa shape index (κ1) is 20.6. The summed E-state index contributed by atoms with van der Waals surface area (Å²) in [5, 5.41) is 6.72. The standard InChI is InChI=1S/C23H20N4O3S/c1-16-19(15-25-27(16)18-10-6-3-7-11-18)21(28)24-12-13-26-22(29)20(31-23(26)30)14-17-8-4-2-5-9-17/h2-11,14-15H,12-13H2,1H3,(H,24,28)/b20-14-. The van der Waals surface area contributed by atoms with Crippen molar-refractivity contribution in [1.29, 1.82) is 0 Å². The van der Waals surface area contributed by atoms with Gasteiger partial charge in [-0.2, -0.15) is 5.10 Å². The topological polar surface area (TPSA) is 84.3 Å². The average Bonchev–Trinajstić information content (AvgIpc) is 3.29. The Morgan fingerprint density at radius 1 is 1.06 bits per heavy atom. The highest BCUT2D eigenvalue weighted by atomic mass is 32.2. The van der Waals surface area contributed by atoms with E-state index in [9.17, 15) is 14.4 Å². The highest BCUT2D eigenvalue weighted by Crippen LogP contribution is 2.31. The van der Waals surface area contributed by atoms with Crippen molar-refractivity contribution in [3.05, 3.63) is 88.6 Å². The van der Waals surface area contributed by atoms with Crippen LogP contribution in [0.1, 0.15) is 21.6 Å². The largest absolute Gasteiger partial charge is 0.350 e. The summed E-state index contributed by atoms with van der Waals surface area (Å²) in [6, 6.07) is 18.9. The third-order valence-electron chi connectivity index (χ3n) is 4.85. The number of aromatic nitrogens is 2. The summed E-state index contributed by atoms with van der Waals surface area (Å²) < 4.78 is 1.69. The van der Waals surface area contributed by atoms with Gasteiger partial charge in [0.2, 0.25) is 0 Å². The van der Waals surface area contributed by atoms with Crippen LogP contribution < -0.4 is 5.32 Å². The number of nitrogens with zero attached hydrogens (tertiary/aromatic N) is 3. The maximum atomic E-state index is 12.6. The summed E-state index contributed by atoms with van der Waals surface area (Å²) in [6.07, 6.45) is 3.21. The number of imide groups is 1. The molecule has 0 spiro atoms. The van der Waals surface area contributed by atoms with E-state index in [4.69, 9.17) is 0 Å². The molecule has 1 aliphatic rings. The molecule has 0 atom stereocenters. The van der Waals surface area contributed by atoms with Crippen molar-refractivity contribution >= 4 is 34.9 Å². The van der Waals surface area contributed by atoms with E-state index in [1.807, 2.05) is 67.6 Å². The lowest BCUT2D eigenvalue weighted by atomic mass is 10.2. The molecule has 1 saturated heterocycles. The number of carbonyl (C=O) groups is 3. The third-order valence-corrected chi connectivity index (χ3v) is 5.75. The zero-order valence-corrected chi connectivity index (χ0v) is 17.6. The summed E-state index contributed by atoms with van der Waals surface area (Å²) in [4.78, 5) is 38.9. The van der Waals surface area contributed by atoms with Crippen LogP contribution in [-0.4, -0.2) is 44.8 Å². The maximum Gasteiger partial charge on any atom is 0.293 e. The highest BCUT2D eigenvalue weighted by Gasteiger charge is 2.34. The predicted octanol–water partition coefficient (Wildman–Crippen LogP) is 3.65. The van der Waals surface area contributed by atoms with Crippen LogP contribution in [0.15, 0.2) is 71.8 Å². The monoisotopic (exact) mass is 432 g/mol. The van der Waals surface area contributed by atoms with Gasteiger partial charge in [0.15, 0.2) is 0 Å². The molecule has 8 heteroatoms. The molecule has 7 nitrogen and oxygen atoms in total. The van der Waals surface area contributed by atoms with Crippen LogP contribution in [-0.2, 0) is 4.79 Å². The summed E-state index contributed by atoms with van der Waals surface area (Å²) >= 11 is 0.908. The number of rotatable bonds is 6. The van der Waals surface area contributed by atoms with Crippen molar-refractivity contribution in [2.75, 3.05) is 13.1 Å². The zero-order chi connectivity index (χ0) is 21.8. The van der Waals surface area contributed by atoms with Gasteiger partial charge in [0.1, 0.15) is 0 Å². The summed E-state index contributed by atoms with van der Waals surface area (Å²) in [7, 11) is 0. The van der Waals surface area contributed by atoms with Crippen LogP contribution in [0.5, 0.6) is 0 Å². The van der Waals surface area contributed by atoms with E-state index in [1.165, 1.54) is 6.20 Å². The fourth-order valence-electron chi connectivity index (χ4n) is 3.23. The van der Waals surface area contributed by atoms with E-state index in [0.717, 1.165) is 27.9 Å². The Kier molecular flexibility index (Phi) is 5.99. The minimum Gasteiger partial charge on any atom is -0.350 e. The van der Waals surface area contributed by atoms with Crippen LogP contribution in [0.3, 0.4) is 0 Å². The second-order valence-electron chi connectivity index (χ2n) is 6.89. The second-order valence-corrected chi connectivity index (χ2v) is 7.88. The fourth-order valence-corrected chi connectivity index (χ4v) is 4.10. The average molecular weight is 433 g/mol. The lowest BCUT2D eigenvalue weighted by molar-refractivity contribution is -0.122. The molecule has 0 radical (unpaired) electrons. The van der Waals surface area contributed by atoms with Crippen molar-refractivity contribution in [2.45, 2.75) is 6.92 Å². The normalized spacial score (nSPS) is 15.0. The number of benzene rings is 2. The van der Waals surface area contributed by atoms with E-state index >= 15 is 0 Å². The minimum absolute atomic E-state index is 0.106. The van der Waals surface area contributed by atoms with Gasteiger partial charge in [-0.25, -0.2) is 4.68 Å². The number of carbonyl (C=O) groups excluding carboxylic acids is 3. The van der Waals surface area contributed by atoms with E-state index in [1.54, 1.807) is 10.8 Å². The van der Waals surface area contributed by atoms with Crippen molar-refractivity contribution in [1.82, 2.24) is 20.0 Å². The first-order chi connectivity index (χ1) is 15.0. The molecule has 3 aromatic rings. The first-order valence-corrected chi connectivity index (χ1v) is 10.5. The zero-order valence-electron chi connectivity index (χ0n) is 16.8. The molecule has 1 aliphatic heterocycles. The van der Waals surface area contributed by atoms with Crippen molar-refractivity contribution in [2.24, 2.45) is 0 Å². The molecular weight excluding hydrogens is 412 g/mol. The third kappa shape index (κ3) is 4.44. The molecule has 2 heterocycles. The van der Waals surface area contributed by atoms with Gasteiger partial charge >= 0.3 is 0 Å². The molecule has 4 rings (SSSR count). The Balaban J connectivity index is 1.37. The highest BCUT2D eigenvalue weighted by molar-refractivity contribution is 8.18. The smallest absolute Gasteiger partial charge is 0.293 e. The molecule has 0 saturated carbocycles. The van der Waals surface area contributed by atoms with Gasteiger partial charge in [-0.15, -0.1) is 0 Å². The molecule has 1 aromatic heterocycles. The van der Waals surface area contributed by atoms with Crippen LogP contribution in [0.25, 0.3) is 11.8 Å². The number of nitrogens with one attached hydrogen (secondary N) is 1. The predicted molar refractivity (Wildman–Crippen MR) is 120 cm³/mol. The molecule has 1 fully saturated rings. The van der Waals surface area contributed by atoms with Gasteiger partial charge in [-0.05, 0) is 42.5 Å². The van der Waals surface area contributed by atoms with E-state index < -0.39 is 0 Å². The summed E-state index contributed by atoms with van der Waals surface area (Å²) in [5.41, 5.74) is 2.87. The van der Waals surface area contributed by atoms with Gasteiger partial charge in [0, 0.05) is 13.1 Å². The number of hydrogen-bond acceptors (Lipinski definition) is 5. The second kappa shape index (κ2) is 9.01. The van der Waals surface area contributed by atoms with Crippen LogP contribution >= 0.6 is 11.8 Å². The first-order valence-electron chi connectivity index (χ1n) is 9.73. The van der Waals surface area contributed by atoms with E-state index in [0.29, 0.717) is 16.2 Å². The Morgan fingerprint density at radius 3 is 2.45 bits per heavy atom. The van der Waals surface area contributed by atoms with E-state index in [2.05, 4.69) is 10.4 Å².